The van der Waals surface area contributed by atoms with Crippen LogP contribution in [-0.4, -0.2) is 28.1 Å². The number of carbonyl (C=O) groups excluding carboxylic acids is 1. The third-order valence-corrected chi connectivity index (χ3v) is 5.72. The molecule has 1 aromatic heterocycles. The fraction of sp³-hybridized carbons (Fsp3) is 0.111. The van der Waals surface area contributed by atoms with E-state index in [0.29, 0.717) is 25.8 Å². The second-order valence-electron chi connectivity index (χ2n) is 5.55. The van der Waals surface area contributed by atoms with Crippen molar-refractivity contribution in [2.24, 2.45) is 5.10 Å². The Morgan fingerprint density at radius 3 is 2.79 bits per heavy atom. The van der Waals surface area contributed by atoms with E-state index < -0.39 is 5.82 Å². The van der Waals surface area contributed by atoms with Gasteiger partial charge in [0.15, 0.2) is 4.34 Å². The van der Waals surface area contributed by atoms with Crippen LogP contribution in [0.3, 0.4) is 0 Å². The van der Waals surface area contributed by atoms with Gasteiger partial charge in [0.1, 0.15) is 18.2 Å². The van der Waals surface area contributed by atoms with Gasteiger partial charge in [-0.15, -0.1) is 10.2 Å². The fourth-order valence-corrected chi connectivity index (χ4v) is 3.74. The molecule has 3 aromatic rings. The number of hydrogen-bond donors (Lipinski definition) is 2. The summed E-state index contributed by atoms with van der Waals surface area (Å²) >= 11 is 8.42. The molecule has 3 rings (SSSR count). The highest BCUT2D eigenvalue weighted by Gasteiger charge is 2.08. The monoisotopic (exact) mass is 451 g/mol. The van der Waals surface area contributed by atoms with Gasteiger partial charge >= 0.3 is 0 Å². The molecule has 0 radical (unpaired) electrons. The lowest BCUT2D eigenvalue weighted by Crippen LogP contribution is -2.19. The van der Waals surface area contributed by atoms with Crippen molar-refractivity contribution in [3.05, 3.63) is 64.4 Å². The van der Waals surface area contributed by atoms with Gasteiger partial charge in [0.25, 0.3) is 5.91 Å². The van der Waals surface area contributed by atoms with E-state index in [2.05, 4.69) is 20.7 Å². The van der Waals surface area contributed by atoms with Crippen LogP contribution in [0.2, 0.25) is 5.02 Å². The Hall–Kier alpha value is -2.69. The summed E-state index contributed by atoms with van der Waals surface area (Å²) < 4.78 is 19.9. The molecule has 2 aromatic carbocycles. The van der Waals surface area contributed by atoms with Gasteiger partial charge in [0, 0.05) is 5.56 Å². The maximum Gasteiger partial charge on any atom is 0.250 e. The first-order valence-electron chi connectivity index (χ1n) is 8.20. The SMILES string of the molecule is Nc1nnc(SCC(=O)NN=Cc2ccc(OCc3c(F)cccc3Cl)cc2)s1. The Labute approximate surface area is 179 Å². The van der Waals surface area contributed by atoms with Crippen LogP contribution in [0, 0.1) is 5.82 Å². The van der Waals surface area contributed by atoms with Gasteiger partial charge in [-0.25, -0.2) is 9.82 Å². The lowest BCUT2D eigenvalue weighted by atomic mass is 10.2. The summed E-state index contributed by atoms with van der Waals surface area (Å²) in [5, 5.41) is 12.1. The number of nitrogen functional groups attached to an aromatic ring is 1. The van der Waals surface area contributed by atoms with E-state index in [4.69, 9.17) is 22.1 Å². The number of thioether (sulfide) groups is 1. The highest BCUT2D eigenvalue weighted by Crippen LogP contribution is 2.23. The molecule has 0 saturated carbocycles. The molecule has 0 aliphatic carbocycles. The molecule has 0 unspecified atom stereocenters. The molecule has 29 heavy (non-hydrogen) atoms. The highest BCUT2D eigenvalue weighted by molar-refractivity contribution is 8.01. The van der Waals surface area contributed by atoms with Crippen LogP contribution >= 0.6 is 34.7 Å². The van der Waals surface area contributed by atoms with Crippen LogP contribution in [-0.2, 0) is 11.4 Å². The number of nitrogens with zero attached hydrogens (tertiary/aromatic N) is 3. The average molecular weight is 452 g/mol. The number of aromatic nitrogens is 2. The summed E-state index contributed by atoms with van der Waals surface area (Å²) in [6, 6.07) is 11.4. The number of halogens is 2. The van der Waals surface area contributed by atoms with Crippen LogP contribution in [0.4, 0.5) is 9.52 Å². The number of hydrazone groups is 1. The zero-order valence-electron chi connectivity index (χ0n) is 14.8. The smallest absolute Gasteiger partial charge is 0.250 e. The van der Waals surface area contributed by atoms with Gasteiger partial charge in [-0.2, -0.15) is 5.10 Å². The highest BCUT2D eigenvalue weighted by atomic mass is 35.5. The van der Waals surface area contributed by atoms with Crippen LogP contribution in [0.5, 0.6) is 5.75 Å². The minimum atomic E-state index is -0.412. The Morgan fingerprint density at radius 2 is 2.10 bits per heavy atom. The maximum atomic E-state index is 13.7. The van der Waals surface area contributed by atoms with Crippen molar-refractivity contribution in [2.75, 3.05) is 11.5 Å². The zero-order valence-corrected chi connectivity index (χ0v) is 17.2. The summed E-state index contributed by atoms with van der Waals surface area (Å²) in [6.45, 7) is 0.0208. The first-order chi connectivity index (χ1) is 14.0. The Morgan fingerprint density at radius 1 is 1.31 bits per heavy atom. The minimum absolute atomic E-state index is 0.0208. The van der Waals surface area contributed by atoms with Crippen molar-refractivity contribution in [2.45, 2.75) is 10.9 Å². The summed E-state index contributed by atoms with van der Waals surface area (Å²) in [7, 11) is 0. The molecule has 0 spiro atoms. The number of nitrogens with two attached hydrogens (primary N) is 1. The molecule has 0 fully saturated rings. The van der Waals surface area contributed by atoms with E-state index in [0.717, 1.165) is 5.56 Å². The summed E-state index contributed by atoms with van der Waals surface area (Å²) in [5.74, 6) is 0.0156. The van der Waals surface area contributed by atoms with Crippen LogP contribution in [0.1, 0.15) is 11.1 Å². The van der Waals surface area contributed by atoms with E-state index in [9.17, 15) is 9.18 Å². The van der Waals surface area contributed by atoms with E-state index >= 15 is 0 Å². The van der Waals surface area contributed by atoms with Crippen molar-refractivity contribution in [1.82, 2.24) is 15.6 Å². The maximum absolute atomic E-state index is 13.7. The van der Waals surface area contributed by atoms with Crippen molar-refractivity contribution >= 4 is 52.0 Å². The lowest BCUT2D eigenvalue weighted by Gasteiger charge is -2.08. The first kappa shape index (κ1) is 21.0. The topological polar surface area (TPSA) is 102 Å². The largest absolute Gasteiger partial charge is 0.489 e. The summed E-state index contributed by atoms with van der Waals surface area (Å²) in [6.07, 6.45) is 1.50. The van der Waals surface area contributed by atoms with E-state index in [1.54, 1.807) is 36.4 Å². The third kappa shape index (κ3) is 6.41. The van der Waals surface area contributed by atoms with Gasteiger partial charge < -0.3 is 10.5 Å². The van der Waals surface area contributed by atoms with Gasteiger partial charge in [0.2, 0.25) is 5.13 Å². The number of hydrogen-bond acceptors (Lipinski definition) is 8. The molecule has 0 atom stereocenters. The molecular formula is C18H15ClFN5O2S2. The number of rotatable bonds is 8. The van der Waals surface area contributed by atoms with E-state index in [-0.39, 0.29) is 18.3 Å². The van der Waals surface area contributed by atoms with Crippen LogP contribution in [0.15, 0.2) is 51.9 Å². The molecule has 0 aliphatic rings. The second-order valence-corrected chi connectivity index (χ2v) is 8.18. The molecule has 7 nitrogen and oxygen atoms in total. The Kier molecular flexibility index (Phi) is 7.39. The molecule has 150 valence electrons. The number of ether oxygens (including phenoxy) is 1. The normalized spacial score (nSPS) is 11.0. The van der Waals surface area contributed by atoms with Crippen LogP contribution < -0.4 is 15.9 Å². The molecule has 11 heteroatoms. The number of carbonyl (C=O) groups is 1. The molecule has 0 aliphatic heterocycles. The van der Waals surface area contributed by atoms with Gasteiger partial charge in [-0.1, -0.05) is 40.8 Å². The number of nitrogens with one attached hydrogen (secondary N) is 1. The molecule has 1 heterocycles. The quantitative estimate of drug-likeness (QED) is 0.307. The van der Waals surface area contributed by atoms with Crippen molar-refractivity contribution < 1.29 is 13.9 Å². The molecule has 0 bridgehead atoms. The van der Waals surface area contributed by atoms with Gasteiger partial charge in [-0.3, -0.25) is 4.79 Å². The third-order valence-electron chi connectivity index (χ3n) is 3.48. The standard InChI is InChI=1S/C18H15ClFN5O2S2/c19-14-2-1-3-15(20)13(14)9-27-12-6-4-11(5-7-12)8-22-23-16(26)10-28-18-25-24-17(21)29-18/h1-8H,9-10H2,(H2,21,24)(H,23,26). The first-order valence-corrected chi connectivity index (χ1v) is 10.4. The van der Waals surface area contributed by atoms with Gasteiger partial charge in [-0.05, 0) is 42.0 Å². The van der Waals surface area contributed by atoms with E-state index in [1.165, 1.54) is 35.4 Å². The summed E-state index contributed by atoms with van der Waals surface area (Å²) in [4.78, 5) is 11.8. The fourth-order valence-electron chi connectivity index (χ4n) is 2.09. The minimum Gasteiger partial charge on any atom is -0.489 e. The van der Waals surface area contributed by atoms with E-state index in [1.807, 2.05) is 0 Å². The second kappa shape index (κ2) is 10.2. The predicted octanol–water partition coefficient (Wildman–Crippen LogP) is 3.73. The Balaban J connectivity index is 1.45. The van der Waals surface area contributed by atoms with Crippen molar-refractivity contribution in [1.29, 1.82) is 0 Å². The number of amides is 1. The van der Waals surface area contributed by atoms with Gasteiger partial charge in [0.05, 0.1) is 17.0 Å². The van der Waals surface area contributed by atoms with Crippen LogP contribution in [0.25, 0.3) is 0 Å². The molecular weight excluding hydrogens is 437 g/mol. The average Bonchev–Trinajstić information content (AvgIpc) is 3.12. The van der Waals surface area contributed by atoms with Crippen molar-refractivity contribution in [3.8, 4) is 5.75 Å². The molecule has 0 saturated heterocycles. The number of benzene rings is 2. The number of anilines is 1. The Bertz CT molecular complexity index is 993. The summed E-state index contributed by atoms with van der Waals surface area (Å²) in [5.41, 5.74) is 8.97. The molecule has 1 amide bonds. The van der Waals surface area contributed by atoms with Crippen molar-refractivity contribution in [3.63, 3.8) is 0 Å². The zero-order chi connectivity index (χ0) is 20.6. The predicted molar refractivity (Wildman–Crippen MR) is 113 cm³/mol. The lowest BCUT2D eigenvalue weighted by molar-refractivity contribution is -0.118. The molecule has 3 N–H and O–H groups in total.